The quantitative estimate of drug-likeness (QED) is 0.248. The van der Waals surface area contributed by atoms with Gasteiger partial charge < -0.3 is 36.2 Å². The number of ketones is 2. The molecule has 0 spiro atoms. The number of likely N-dealkylation sites (N-methyl/N-ethyl adjacent to an activating group) is 1. The first-order valence-electron chi connectivity index (χ1n) is 15.8. The molecule has 4 aliphatic carbocycles. The van der Waals surface area contributed by atoms with Crippen LogP contribution in [0.1, 0.15) is 60.0 Å². The van der Waals surface area contributed by atoms with E-state index in [-0.39, 0.29) is 29.7 Å². The van der Waals surface area contributed by atoms with Crippen LogP contribution in [0.3, 0.4) is 0 Å². The normalized spacial score (nSPS) is 26.6. The Morgan fingerprint density at radius 2 is 1.78 bits per heavy atom. The van der Waals surface area contributed by atoms with Crippen molar-refractivity contribution in [1.29, 1.82) is 0 Å². The molecule has 0 saturated heterocycles. The van der Waals surface area contributed by atoms with Gasteiger partial charge in [0.2, 0.25) is 5.78 Å². The van der Waals surface area contributed by atoms with Gasteiger partial charge in [-0.2, -0.15) is 0 Å². The molecule has 4 atom stereocenters. The molecule has 244 valence electrons. The molecule has 4 aliphatic rings. The zero-order valence-corrected chi connectivity index (χ0v) is 26.3. The summed E-state index contributed by atoms with van der Waals surface area (Å²) in [5.41, 5.74) is 4.69. The second-order valence-corrected chi connectivity index (χ2v) is 13.2. The number of phenols is 1. The van der Waals surface area contributed by atoms with Gasteiger partial charge in [0, 0.05) is 29.6 Å². The first-order valence-corrected chi connectivity index (χ1v) is 15.8. The van der Waals surface area contributed by atoms with Crippen molar-refractivity contribution in [3.05, 3.63) is 69.7 Å². The number of aromatic hydroxyl groups is 1. The van der Waals surface area contributed by atoms with E-state index in [4.69, 9.17) is 10.5 Å². The van der Waals surface area contributed by atoms with Gasteiger partial charge in [-0.15, -0.1) is 0 Å². The Hall–Kier alpha value is -4.19. The van der Waals surface area contributed by atoms with Crippen LogP contribution in [0.15, 0.2) is 53.0 Å². The van der Waals surface area contributed by atoms with Crippen molar-refractivity contribution in [2.24, 2.45) is 17.6 Å². The van der Waals surface area contributed by atoms with E-state index in [2.05, 4.69) is 5.32 Å². The fraction of sp³-hybridized carbons (Fsp3) is 0.457. The van der Waals surface area contributed by atoms with Gasteiger partial charge in [-0.25, -0.2) is 0 Å². The Labute approximate surface area is 267 Å². The Morgan fingerprint density at radius 3 is 2.43 bits per heavy atom. The Balaban J connectivity index is 1.45. The largest absolute Gasteiger partial charge is 0.510 e. The maximum Gasteiger partial charge on any atom is 0.255 e. The monoisotopic (exact) mass is 631 g/mol. The summed E-state index contributed by atoms with van der Waals surface area (Å²) in [6.45, 7) is 0.661. The molecular weight excluding hydrogens is 590 g/mol. The second-order valence-electron chi connectivity index (χ2n) is 13.2. The average molecular weight is 632 g/mol. The third-order valence-electron chi connectivity index (χ3n) is 10.4. The van der Waals surface area contributed by atoms with Gasteiger partial charge in [-0.05, 0) is 80.6 Å². The van der Waals surface area contributed by atoms with Crippen molar-refractivity contribution in [2.45, 2.75) is 69.2 Å². The molecule has 2 aromatic carbocycles. The molecule has 11 heteroatoms. The minimum atomic E-state index is -2.68. The molecule has 0 unspecified atom stereocenters. The van der Waals surface area contributed by atoms with Gasteiger partial charge in [0.15, 0.2) is 11.4 Å². The number of hydrogen-bond donors (Lipinski definition) is 6. The SMILES string of the molecule is COc1ccc(CNC2CCCCC2)cc1-c1ccc(O)c2c1C[C@H]1C[C@H]3[C@H](N(C)C)C(O)=C(C(N)=O)C(=O)[C@@]3(O)C(O)=C1C2=O. The number of Topliss-reactive ketones (excluding diaryl/α,β-unsaturated/α-hetero) is 2. The van der Waals surface area contributed by atoms with Crippen LogP contribution >= 0.6 is 0 Å². The lowest BCUT2D eigenvalue weighted by Crippen LogP contribution is -2.63. The summed E-state index contributed by atoms with van der Waals surface area (Å²) in [6, 6.07) is 8.47. The standard InChI is InChI=1S/C35H41N3O8/c1-38(2)29-23-15-18-14-22-20(21-13-17(9-12-25(21)46-3)16-37-19-7-5-4-6-8-19)10-11-24(39)27(22)30(40)26(18)32(42)35(23,45)33(43)28(31(29)41)34(36)44/h9-13,18-19,23,29,37,39,41-42,45H,4-8,14-16H2,1-3H3,(H2,36,44)/t18-,23-,29-,35-/m0/s1. The highest BCUT2D eigenvalue weighted by Crippen LogP contribution is 2.53. The van der Waals surface area contributed by atoms with Gasteiger partial charge in [-0.3, -0.25) is 19.3 Å². The van der Waals surface area contributed by atoms with Crippen LogP contribution in [0.2, 0.25) is 0 Å². The molecule has 11 nitrogen and oxygen atoms in total. The first kappa shape index (κ1) is 31.8. The highest BCUT2D eigenvalue weighted by atomic mass is 16.5. The molecule has 6 rings (SSSR count). The predicted molar refractivity (Wildman–Crippen MR) is 169 cm³/mol. The molecule has 0 bridgehead atoms. The van der Waals surface area contributed by atoms with E-state index in [0.29, 0.717) is 29.5 Å². The molecule has 2 aromatic rings. The fourth-order valence-electron chi connectivity index (χ4n) is 8.15. The Bertz CT molecular complexity index is 1690. The minimum Gasteiger partial charge on any atom is -0.510 e. The van der Waals surface area contributed by atoms with Crippen molar-refractivity contribution in [3.63, 3.8) is 0 Å². The van der Waals surface area contributed by atoms with Crippen LogP contribution < -0.4 is 15.8 Å². The summed E-state index contributed by atoms with van der Waals surface area (Å²) in [5, 5.41) is 49.1. The van der Waals surface area contributed by atoms with E-state index in [1.165, 1.54) is 30.2 Å². The number of nitrogens with one attached hydrogen (secondary N) is 1. The molecule has 1 saturated carbocycles. The lowest BCUT2D eigenvalue weighted by molar-refractivity contribution is -0.148. The molecule has 7 N–H and O–H groups in total. The van der Waals surface area contributed by atoms with Crippen LogP contribution in [0.4, 0.5) is 0 Å². The fourth-order valence-corrected chi connectivity index (χ4v) is 8.15. The number of phenolic OH excluding ortho intramolecular Hbond substituents is 1. The number of allylic oxidation sites excluding steroid dienone is 1. The molecule has 46 heavy (non-hydrogen) atoms. The Kier molecular flexibility index (Phi) is 8.20. The number of hydrogen-bond acceptors (Lipinski definition) is 10. The molecule has 1 amide bonds. The number of carbonyl (C=O) groups is 3. The number of aliphatic hydroxyl groups excluding tert-OH is 2. The van der Waals surface area contributed by atoms with Crippen LogP contribution in [0, 0.1) is 11.8 Å². The van der Waals surface area contributed by atoms with Gasteiger partial charge in [0.05, 0.1) is 18.7 Å². The number of nitrogens with two attached hydrogens (primary N) is 1. The number of benzene rings is 2. The number of aliphatic hydroxyl groups is 3. The molecule has 0 radical (unpaired) electrons. The highest BCUT2D eigenvalue weighted by molar-refractivity contribution is 6.25. The topological polar surface area (TPSA) is 183 Å². The van der Waals surface area contributed by atoms with Gasteiger partial charge in [0.1, 0.15) is 28.6 Å². The van der Waals surface area contributed by atoms with Crippen LogP contribution in [-0.4, -0.2) is 81.7 Å². The number of rotatable bonds is 7. The van der Waals surface area contributed by atoms with Crippen molar-refractivity contribution in [1.82, 2.24) is 10.2 Å². The lowest BCUT2D eigenvalue weighted by atomic mass is 9.58. The maximum absolute atomic E-state index is 14.2. The summed E-state index contributed by atoms with van der Waals surface area (Å²) in [4.78, 5) is 41.5. The lowest BCUT2D eigenvalue weighted by Gasteiger charge is -2.50. The average Bonchev–Trinajstić information content (AvgIpc) is 3.02. The van der Waals surface area contributed by atoms with Crippen LogP contribution in [-0.2, 0) is 22.6 Å². The number of fused-ring (bicyclic) bond motifs is 3. The minimum absolute atomic E-state index is 0.0172. The summed E-state index contributed by atoms with van der Waals surface area (Å²) in [7, 11) is 4.77. The van der Waals surface area contributed by atoms with E-state index in [9.17, 15) is 34.8 Å². The first-order chi connectivity index (χ1) is 21.9. The third-order valence-corrected chi connectivity index (χ3v) is 10.4. The number of amides is 1. The van der Waals surface area contributed by atoms with Crippen molar-refractivity contribution in [3.8, 4) is 22.6 Å². The third kappa shape index (κ3) is 4.88. The van der Waals surface area contributed by atoms with Crippen molar-refractivity contribution >= 4 is 17.5 Å². The summed E-state index contributed by atoms with van der Waals surface area (Å²) < 4.78 is 5.73. The Morgan fingerprint density at radius 1 is 1.07 bits per heavy atom. The zero-order valence-electron chi connectivity index (χ0n) is 26.3. The number of ether oxygens (including phenoxy) is 1. The molecule has 0 aliphatic heterocycles. The summed E-state index contributed by atoms with van der Waals surface area (Å²) >= 11 is 0. The highest BCUT2D eigenvalue weighted by Gasteiger charge is 2.63. The molecule has 0 heterocycles. The second kappa shape index (κ2) is 11.9. The number of primary amides is 1. The molecule has 0 aromatic heterocycles. The van der Waals surface area contributed by atoms with Gasteiger partial charge in [-0.1, -0.05) is 31.4 Å². The smallest absolute Gasteiger partial charge is 0.255 e. The van der Waals surface area contributed by atoms with E-state index >= 15 is 0 Å². The van der Waals surface area contributed by atoms with E-state index < -0.39 is 58.0 Å². The molecular formula is C35H41N3O8. The zero-order chi connectivity index (χ0) is 33.1. The number of carbonyl (C=O) groups excluding carboxylic acids is 3. The maximum atomic E-state index is 14.2. The van der Waals surface area contributed by atoms with Gasteiger partial charge in [0.25, 0.3) is 5.91 Å². The van der Waals surface area contributed by atoms with Crippen molar-refractivity contribution < 1.29 is 39.5 Å². The summed E-state index contributed by atoms with van der Waals surface area (Å²) in [5.74, 6) is -6.21. The number of nitrogens with zero attached hydrogens (tertiary/aromatic N) is 1. The molecule has 1 fully saturated rings. The van der Waals surface area contributed by atoms with E-state index in [1.54, 1.807) is 27.3 Å². The summed E-state index contributed by atoms with van der Waals surface area (Å²) in [6.07, 6.45) is 6.20. The van der Waals surface area contributed by atoms with Crippen LogP contribution in [0.5, 0.6) is 11.5 Å². The van der Waals surface area contributed by atoms with E-state index in [0.717, 1.165) is 24.0 Å². The predicted octanol–water partition coefficient (Wildman–Crippen LogP) is 3.22. The van der Waals surface area contributed by atoms with Crippen molar-refractivity contribution in [2.75, 3.05) is 21.2 Å². The number of methoxy groups -OCH3 is 1. The van der Waals surface area contributed by atoms with Gasteiger partial charge >= 0.3 is 0 Å². The van der Waals surface area contributed by atoms with E-state index in [1.807, 2.05) is 18.2 Å². The van der Waals surface area contributed by atoms with Crippen LogP contribution in [0.25, 0.3) is 11.1 Å².